The number of carboxylic acid groups (broad SMARTS) is 1. The zero-order valence-corrected chi connectivity index (χ0v) is 14.0. The van der Waals surface area contributed by atoms with Crippen molar-refractivity contribution in [2.45, 2.75) is 44.6 Å². The van der Waals surface area contributed by atoms with Gasteiger partial charge < -0.3 is 10.4 Å². The number of carbonyl (C=O) groups excluding carboxylic acids is 1. The van der Waals surface area contributed by atoms with E-state index in [4.69, 9.17) is 5.11 Å². The molecule has 0 atom stereocenters. The van der Waals surface area contributed by atoms with Gasteiger partial charge in [-0.2, -0.15) is 5.10 Å². The highest BCUT2D eigenvalue weighted by Gasteiger charge is 2.38. The second kappa shape index (κ2) is 6.66. The van der Waals surface area contributed by atoms with Gasteiger partial charge in [-0.25, -0.2) is 9.07 Å². The van der Waals surface area contributed by atoms with Crippen molar-refractivity contribution < 1.29 is 19.1 Å². The summed E-state index contributed by atoms with van der Waals surface area (Å²) in [5.41, 5.74) is 0.866. The first-order chi connectivity index (χ1) is 11.9. The standard InChI is InChI=1S/C18H20FN3O3/c1-12-11-22(14-6-4-13(19)5-7-14)21-16(12)17(25)20-18(10-15(23)24)8-2-3-9-18/h4-7,11H,2-3,8-10H2,1H3,(H,20,25)(H,23,24). The van der Waals surface area contributed by atoms with E-state index in [0.29, 0.717) is 24.1 Å². The molecule has 2 N–H and O–H groups in total. The summed E-state index contributed by atoms with van der Waals surface area (Å²) in [5, 5.41) is 16.3. The predicted molar refractivity (Wildman–Crippen MR) is 89.2 cm³/mol. The molecule has 1 fully saturated rings. The Bertz CT molecular complexity index is 792. The van der Waals surface area contributed by atoms with Crippen LogP contribution in [0.2, 0.25) is 0 Å². The van der Waals surface area contributed by atoms with E-state index >= 15 is 0 Å². The molecule has 0 saturated heterocycles. The second-order valence-corrected chi connectivity index (χ2v) is 6.59. The summed E-state index contributed by atoms with van der Waals surface area (Å²) in [5.74, 6) is -1.64. The molecule has 1 amide bonds. The normalized spacial score (nSPS) is 15.9. The highest BCUT2D eigenvalue weighted by atomic mass is 19.1. The second-order valence-electron chi connectivity index (χ2n) is 6.59. The summed E-state index contributed by atoms with van der Waals surface area (Å²) in [7, 11) is 0. The van der Waals surface area contributed by atoms with Gasteiger partial charge in [0.15, 0.2) is 5.69 Å². The van der Waals surface area contributed by atoms with Crippen LogP contribution in [0.1, 0.15) is 48.2 Å². The van der Waals surface area contributed by atoms with Gasteiger partial charge in [-0.1, -0.05) is 12.8 Å². The van der Waals surface area contributed by atoms with Gasteiger partial charge in [-0.3, -0.25) is 9.59 Å². The number of aromatic nitrogens is 2. The molecule has 1 aromatic heterocycles. The number of nitrogens with one attached hydrogen (secondary N) is 1. The maximum Gasteiger partial charge on any atom is 0.305 e. The first-order valence-electron chi connectivity index (χ1n) is 8.25. The molecule has 0 aliphatic heterocycles. The molecule has 1 saturated carbocycles. The van der Waals surface area contributed by atoms with Crippen molar-refractivity contribution in [2.24, 2.45) is 0 Å². The third-order valence-electron chi connectivity index (χ3n) is 4.63. The monoisotopic (exact) mass is 345 g/mol. The Morgan fingerprint density at radius 3 is 2.52 bits per heavy atom. The Balaban J connectivity index is 1.82. The average Bonchev–Trinajstić information content (AvgIpc) is 3.14. The summed E-state index contributed by atoms with van der Waals surface area (Å²) in [6.45, 7) is 1.76. The van der Waals surface area contributed by atoms with Gasteiger partial charge in [0.25, 0.3) is 5.91 Å². The van der Waals surface area contributed by atoms with Crippen LogP contribution in [0.3, 0.4) is 0 Å². The minimum atomic E-state index is -0.921. The first-order valence-corrected chi connectivity index (χ1v) is 8.25. The van der Waals surface area contributed by atoms with Crippen LogP contribution in [0.25, 0.3) is 5.69 Å². The number of halogens is 1. The zero-order valence-electron chi connectivity index (χ0n) is 14.0. The van der Waals surface area contributed by atoms with Crippen LogP contribution in [-0.2, 0) is 4.79 Å². The van der Waals surface area contributed by atoms with Crippen LogP contribution in [0.15, 0.2) is 30.5 Å². The van der Waals surface area contributed by atoms with E-state index < -0.39 is 11.5 Å². The third kappa shape index (κ3) is 3.70. The Morgan fingerprint density at radius 1 is 1.28 bits per heavy atom. The number of hydrogen-bond donors (Lipinski definition) is 2. The van der Waals surface area contributed by atoms with Crippen LogP contribution < -0.4 is 5.32 Å². The quantitative estimate of drug-likeness (QED) is 0.873. The molecule has 0 spiro atoms. The number of aryl methyl sites for hydroxylation is 1. The highest BCUT2D eigenvalue weighted by molar-refractivity contribution is 5.94. The van der Waals surface area contributed by atoms with Gasteiger partial charge in [0.2, 0.25) is 0 Å². The van der Waals surface area contributed by atoms with Gasteiger partial charge in [-0.05, 0) is 44.0 Å². The molecule has 1 heterocycles. The van der Waals surface area contributed by atoms with Crippen LogP contribution >= 0.6 is 0 Å². The van der Waals surface area contributed by atoms with E-state index in [2.05, 4.69) is 10.4 Å². The van der Waals surface area contributed by atoms with Crippen LogP contribution in [0.4, 0.5) is 4.39 Å². The average molecular weight is 345 g/mol. The molecule has 132 valence electrons. The number of amides is 1. The maximum absolute atomic E-state index is 13.0. The minimum absolute atomic E-state index is 0.0868. The smallest absolute Gasteiger partial charge is 0.305 e. The molecule has 0 radical (unpaired) electrons. The number of carboxylic acids is 1. The number of hydrogen-bond acceptors (Lipinski definition) is 3. The topological polar surface area (TPSA) is 84.2 Å². The molecule has 3 rings (SSSR count). The first kappa shape index (κ1) is 17.1. The minimum Gasteiger partial charge on any atom is -0.481 e. The lowest BCUT2D eigenvalue weighted by Gasteiger charge is -2.28. The van der Waals surface area contributed by atoms with Crippen molar-refractivity contribution in [3.63, 3.8) is 0 Å². The Morgan fingerprint density at radius 2 is 1.92 bits per heavy atom. The molecule has 6 nitrogen and oxygen atoms in total. The summed E-state index contributed by atoms with van der Waals surface area (Å²) < 4.78 is 14.6. The maximum atomic E-state index is 13.0. The lowest BCUT2D eigenvalue weighted by atomic mass is 9.93. The van der Waals surface area contributed by atoms with Crippen molar-refractivity contribution in [1.82, 2.24) is 15.1 Å². The number of aliphatic carboxylic acids is 1. The molecule has 0 unspecified atom stereocenters. The highest BCUT2D eigenvalue weighted by Crippen LogP contribution is 2.33. The lowest BCUT2D eigenvalue weighted by Crippen LogP contribution is -2.48. The van der Waals surface area contributed by atoms with Crippen LogP contribution in [-0.4, -0.2) is 32.3 Å². The summed E-state index contributed by atoms with van der Waals surface area (Å²) in [6.07, 6.45) is 4.72. The third-order valence-corrected chi connectivity index (χ3v) is 4.63. The fraction of sp³-hybridized carbons (Fsp3) is 0.389. The van der Waals surface area contributed by atoms with Crippen molar-refractivity contribution in [2.75, 3.05) is 0 Å². The lowest BCUT2D eigenvalue weighted by molar-refractivity contribution is -0.138. The van der Waals surface area contributed by atoms with E-state index in [-0.39, 0.29) is 23.8 Å². The molecule has 1 aliphatic rings. The van der Waals surface area contributed by atoms with E-state index in [9.17, 15) is 14.0 Å². The van der Waals surface area contributed by atoms with E-state index in [1.54, 1.807) is 25.3 Å². The SMILES string of the molecule is Cc1cn(-c2ccc(F)cc2)nc1C(=O)NC1(CC(=O)O)CCCC1. The Kier molecular flexibility index (Phi) is 4.57. The molecule has 0 bridgehead atoms. The number of nitrogens with zero attached hydrogens (tertiary/aromatic N) is 2. The van der Waals surface area contributed by atoms with E-state index in [1.165, 1.54) is 16.8 Å². The van der Waals surface area contributed by atoms with Crippen molar-refractivity contribution >= 4 is 11.9 Å². The molecular formula is C18H20FN3O3. The molecule has 25 heavy (non-hydrogen) atoms. The van der Waals surface area contributed by atoms with Gasteiger partial charge in [0.1, 0.15) is 5.82 Å². The fourth-order valence-electron chi connectivity index (χ4n) is 3.40. The number of carbonyl (C=O) groups is 2. The van der Waals surface area contributed by atoms with Crippen molar-refractivity contribution in [3.8, 4) is 5.69 Å². The molecular weight excluding hydrogens is 325 g/mol. The molecule has 1 aliphatic carbocycles. The Labute approximate surface area is 144 Å². The van der Waals surface area contributed by atoms with Gasteiger partial charge in [0.05, 0.1) is 17.6 Å². The van der Waals surface area contributed by atoms with Crippen molar-refractivity contribution in [3.05, 3.63) is 47.5 Å². The number of benzene rings is 1. The van der Waals surface area contributed by atoms with E-state index in [1.807, 2.05) is 0 Å². The number of rotatable bonds is 5. The molecule has 2 aromatic rings. The fourth-order valence-corrected chi connectivity index (χ4v) is 3.40. The van der Waals surface area contributed by atoms with Gasteiger partial charge in [-0.15, -0.1) is 0 Å². The van der Waals surface area contributed by atoms with Gasteiger partial charge in [0, 0.05) is 11.8 Å². The van der Waals surface area contributed by atoms with Crippen LogP contribution in [0.5, 0.6) is 0 Å². The molecule has 1 aromatic carbocycles. The predicted octanol–water partition coefficient (Wildman–Crippen LogP) is 2.84. The van der Waals surface area contributed by atoms with Crippen LogP contribution in [0, 0.1) is 12.7 Å². The zero-order chi connectivity index (χ0) is 18.0. The van der Waals surface area contributed by atoms with Gasteiger partial charge >= 0.3 is 5.97 Å². The Hall–Kier alpha value is -2.70. The van der Waals surface area contributed by atoms with Crippen molar-refractivity contribution in [1.29, 1.82) is 0 Å². The largest absolute Gasteiger partial charge is 0.481 e. The molecule has 7 heteroatoms. The van der Waals surface area contributed by atoms with E-state index in [0.717, 1.165) is 12.8 Å². The summed E-state index contributed by atoms with van der Waals surface area (Å²) >= 11 is 0. The summed E-state index contributed by atoms with van der Waals surface area (Å²) in [6, 6.07) is 5.80. The summed E-state index contributed by atoms with van der Waals surface area (Å²) in [4.78, 5) is 23.8.